The number of sulfonamides is 1. The highest BCUT2D eigenvalue weighted by molar-refractivity contribution is 7.99. The van der Waals surface area contributed by atoms with Crippen LogP contribution < -0.4 is 10.1 Å². The quantitative estimate of drug-likeness (QED) is 0.542. The van der Waals surface area contributed by atoms with Gasteiger partial charge in [-0.25, -0.2) is 12.7 Å². The van der Waals surface area contributed by atoms with Crippen molar-refractivity contribution in [3.8, 4) is 5.75 Å². The van der Waals surface area contributed by atoms with Gasteiger partial charge in [0.05, 0.1) is 13.7 Å². The fraction of sp³-hybridized carbons (Fsp3) is 0.185. The molecule has 4 rings (SSSR count). The van der Waals surface area contributed by atoms with Gasteiger partial charge < -0.3 is 10.1 Å². The Bertz CT molecular complexity index is 1440. The summed E-state index contributed by atoms with van der Waals surface area (Å²) in [5.41, 5.74) is 4.34. The summed E-state index contributed by atoms with van der Waals surface area (Å²) in [7, 11) is -2.51. The molecule has 0 bridgehead atoms. The number of ether oxygens (including phenoxy) is 1. The minimum absolute atomic E-state index is 0.00493. The molecule has 1 aliphatic rings. The summed E-state index contributed by atoms with van der Waals surface area (Å²) >= 11 is 0. The van der Waals surface area contributed by atoms with Crippen molar-refractivity contribution in [3.63, 3.8) is 0 Å². The van der Waals surface area contributed by atoms with Gasteiger partial charge in [0.15, 0.2) is 0 Å². The molecule has 180 valence electrons. The predicted octanol–water partition coefficient (Wildman–Crippen LogP) is 4.67. The average molecular weight is 491 g/mol. The first-order valence-electron chi connectivity index (χ1n) is 11.0. The summed E-state index contributed by atoms with van der Waals surface area (Å²) in [6.07, 6.45) is 0. The lowest BCUT2D eigenvalue weighted by Gasteiger charge is -2.17. The maximum Gasteiger partial charge on any atom is 0.268 e. The highest BCUT2D eigenvalue weighted by Crippen LogP contribution is 2.37. The Balaban J connectivity index is 1.52. The van der Waals surface area contributed by atoms with E-state index in [9.17, 15) is 18.0 Å². The Morgan fingerprint density at radius 2 is 1.60 bits per heavy atom. The van der Waals surface area contributed by atoms with Gasteiger partial charge in [-0.1, -0.05) is 24.3 Å². The Labute approximate surface area is 205 Å². The van der Waals surface area contributed by atoms with E-state index < -0.39 is 15.9 Å². The number of carbonyl (C=O) groups is 2. The van der Waals surface area contributed by atoms with Gasteiger partial charge in [0.25, 0.3) is 21.8 Å². The molecule has 0 aliphatic carbocycles. The minimum atomic E-state index is -4.03. The zero-order valence-electron chi connectivity index (χ0n) is 20.0. The molecule has 0 saturated carbocycles. The molecule has 0 saturated heterocycles. The maximum atomic E-state index is 13.3. The van der Waals surface area contributed by atoms with E-state index in [0.717, 1.165) is 21.1 Å². The van der Waals surface area contributed by atoms with Crippen LogP contribution >= 0.6 is 0 Å². The molecule has 2 amide bonds. The van der Waals surface area contributed by atoms with Gasteiger partial charge in [0, 0.05) is 16.8 Å². The molecule has 1 aliphatic heterocycles. The van der Waals surface area contributed by atoms with Gasteiger partial charge in [-0.15, -0.1) is 0 Å². The first-order chi connectivity index (χ1) is 16.6. The normalized spacial score (nSPS) is 14.9. The summed E-state index contributed by atoms with van der Waals surface area (Å²) < 4.78 is 32.5. The van der Waals surface area contributed by atoms with E-state index in [1.54, 1.807) is 48.5 Å². The number of benzene rings is 3. The highest BCUT2D eigenvalue weighted by Gasteiger charge is 2.42. The van der Waals surface area contributed by atoms with Gasteiger partial charge >= 0.3 is 0 Å². The van der Waals surface area contributed by atoms with E-state index in [4.69, 9.17) is 4.74 Å². The van der Waals surface area contributed by atoms with Crippen LogP contribution in [0.5, 0.6) is 5.75 Å². The first-order valence-corrected chi connectivity index (χ1v) is 12.5. The summed E-state index contributed by atoms with van der Waals surface area (Å²) in [5, 5.41) is 2.90. The van der Waals surface area contributed by atoms with Crippen molar-refractivity contribution in [2.45, 2.75) is 27.3 Å². The van der Waals surface area contributed by atoms with E-state index in [0.29, 0.717) is 22.4 Å². The van der Waals surface area contributed by atoms with Gasteiger partial charge in [0.1, 0.15) is 10.7 Å². The number of hydrogen-bond acceptors (Lipinski definition) is 5. The summed E-state index contributed by atoms with van der Waals surface area (Å²) in [6.45, 7) is 5.26. The van der Waals surface area contributed by atoms with Gasteiger partial charge in [0.2, 0.25) is 0 Å². The molecule has 3 aromatic rings. The average Bonchev–Trinajstić information content (AvgIpc) is 3.01. The van der Waals surface area contributed by atoms with Crippen LogP contribution in [0, 0.1) is 13.8 Å². The number of anilines is 1. The number of nitrogens with zero attached hydrogens (tertiary/aromatic N) is 1. The van der Waals surface area contributed by atoms with Crippen LogP contribution in [0.3, 0.4) is 0 Å². The lowest BCUT2D eigenvalue weighted by molar-refractivity contribution is -0.122. The third-order valence-electron chi connectivity index (χ3n) is 5.97. The topological polar surface area (TPSA) is 92.8 Å². The predicted molar refractivity (Wildman–Crippen MR) is 135 cm³/mol. The number of methoxy groups -OCH3 is 1. The van der Waals surface area contributed by atoms with Gasteiger partial charge in [-0.3, -0.25) is 9.59 Å². The van der Waals surface area contributed by atoms with Crippen LogP contribution in [0.15, 0.2) is 72.3 Å². The number of aryl methyl sites for hydroxylation is 2. The second kappa shape index (κ2) is 9.38. The fourth-order valence-corrected chi connectivity index (χ4v) is 5.76. The van der Waals surface area contributed by atoms with E-state index >= 15 is 0 Å². The van der Waals surface area contributed by atoms with Gasteiger partial charge in [-0.2, -0.15) is 0 Å². The molecule has 3 aromatic carbocycles. The second-order valence-electron chi connectivity index (χ2n) is 8.47. The summed E-state index contributed by atoms with van der Waals surface area (Å²) in [5.74, 6) is -0.241. The molecule has 1 heterocycles. The highest BCUT2D eigenvalue weighted by atomic mass is 32.2. The third-order valence-corrected chi connectivity index (χ3v) is 7.90. The molecule has 35 heavy (non-hydrogen) atoms. The number of amides is 2. The lowest BCUT2D eigenvalue weighted by atomic mass is 10.1. The molecule has 0 radical (unpaired) electrons. The minimum Gasteiger partial charge on any atom is -0.497 e. The standard InChI is InChI=1S/C27H26N2O5S/c1-17-5-6-18(2)24(15-17)28-26(30)22-9-7-20(8-10-22)16-29-27(31)19(3)25(35(29,32)33)21-11-13-23(34-4)14-12-21/h5-15H,16H2,1-4H3,(H,28,30). The Hall–Kier alpha value is -3.91. The molecule has 1 N–H and O–H groups in total. The SMILES string of the molecule is COc1ccc(C2=C(C)C(=O)N(Cc3ccc(C(=O)Nc4cc(C)ccc4C)cc3)S2(=O)=O)cc1. The van der Waals surface area contributed by atoms with Crippen LogP contribution in [0.25, 0.3) is 4.91 Å². The number of carbonyl (C=O) groups excluding carboxylic acids is 2. The fourth-order valence-electron chi connectivity index (χ4n) is 3.95. The van der Waals surface area contributed by atoms with Crippen LogP contribution in [0.2, 0.25) is 0 Å². The molecule has 0 atom stereocenters. The molecule has 7 nitrogen and oxygen atoms in total. The van der Waals surface area contributed by atoms with Crippen molar-refractivity contribution in [2.24, 2.45) is 0 Å². The van der Waals surface area contributed by atoms with Crippen LogP contribution in [-0.4, -0.2) is 31.6 Å². The number of rotatable bonds is 6. The van der Waals surface area contributed by atoms with E-state index in [1.165, 1.54) is 14.0 Å². The van der Waals surface area contributed by atoms with E-state index in [-0.39, 0.29) is 22.9 Å². The molecule has 0 spiro atoms. The molecule has 0 unspecified atom stereocenters. The summed E-state index contributed by atoms with van der Waals surface area (Å²) in [4.78, 5) is 25.6. The molecular weight excluding hydrogens is 464 g/mol. The van der Waals surface area contributed by atoms with Gasteiger partial charge in [-0.05, 0) is 85.5 Å². The Kier molecular flexibility index (Phi) is 6.49. The van der Waals surface area contributed by atoms with Crippen molar-refractivity contribution in [1.29, 1.82) is 0 Å². The van der Waals surface area contributed by atoms with Crippen molar-refractivity contribution < 1.29 is 22.7 Å². The largest absolute Gasteiger partial charge is 0.497 e. The zero-order chi connectivity index (χ0) is 25.3. The Morgan fingerprint density at radius 3 is 2.23 bits per heavy atom. The molecule has 0 fully saturated rings. The smallest absolute Gasteiger partial charge is 0.268 e. The Morgan fingerprint density at radius 1 is 0.943 bits per heavy atom. The summed E-state index contributed by atoms with van der Waals surface area (Å²) in [6, 6.07) is 18.9. The number of nitrogens with one attached hydrogen (secondary N) is 1. The monoisotopic (exact) mass is 490 g/mol. The van der Waals surface area contributed by atoms with Crippen LogP contribution in [0.4, 0.5) is 5.69 Å². The van der Waals surface area contributed by atoms with E-state index in [1.807, 2.05) is 32.0 Å². The molecule has 8 heteroatoms. The first kappa shape index (κ1) is 24.2. The van der Waals surface area contributed by atoms with Crippen LogP contribution in [0.1, 0.15) is 39.5 Å². The zero-order valence-corrected chi connectivity index (χ0v) is 20.8. The molecular formula is C27H26N2O5S. The lowest BCUT2D eigenvalue weighted by Crippen LogP contribution is -2.30. The van der Waals surface area contributed by atoms with Crippen molar-refractivity contribution in [2.75, 3.05) is 12.4 Å². The van der Waals surface area contributed by atoms with Crippen molar-refractivity contribution in [3.05, 3.63) is 100 Å². The number of hydrogen-bond donors (Lipinski definition) is 1. The van der Waals surface area contributed by atoms with E-state index in [2.05, 4.69) is 5.32 Å². The van der Waals surface area contributed by atoms with Crippen molar-refractivity contribution >= 4 is 32.4 Å². The molecule has 0 aromatic heterocycles. The maximum absolute atomic E-state index is 13.3. The third kappa shape index (κ3) is 4.70. The van der Waals surface area contributed by atoms with Crippen molar-refractivity contribution in [1.82, 2.24) is 4.31 Å². The van der Waals surface area contributed by atoms with Crippen LogP contribution in [-0.2, 0) is 21.4 Å². The second-order valence-corrected chi connectivity index (χ2v) is 10.3.